The van der Waals surface area contributed by atoms with E-state index in [0.29, 0.717) is 10.2 Å². The molecule has 0 aliphatic rings. The fourth-order valence-corrected chi connectivity index (χ4v) is 1.21. The van der Waals surface area contributed by atoms with Gasteiger partial charge in [-0.25, -0.2) is 4.98 Å². The standard InChI is InChI=1S/C8H8BrNO3/c1-13-8(12)3-5-2-7(9)10-4-6(5)11/h2,4,11H,3H2,1H3. The van der Waals surface area contributed by atoms with Crippen molar-refractivity contribution < 1.29 is 14.6 Å². The molecule has 0 aromatic carbocycles. The third-order valence-electron chi connectivity index (χ3n) is 1.49. The molecule has 0 aliphatic heterocycles. The number of ether oxygens (including phenoxy) is 1. The number of methoxy groups -OCH3 is 1. The smallest absolute Gasteiger partial charge is 0.310 e. The number of carbonyl (C=O) groups excluding carboxylic acids is 1. The van der Waals surface area contributed by atoms with Gasteiger partial charge in [0.25, 0.3) is 0 Å². The molecule has 0 fully saturated rings. The predicted molar refractivity (Wildman–Crippen MR) is 49.3 cm³/mol. The number of aromatic nitrogens is 1. The van der Waals surface area contributed by atoms with E-state index in [2.05, 4.69) is 25.7 Å². The second-order valence-electron chi connectivity index (χ2n) is 2.39. The summed E-state index contributed by atoms with van der Waals surface area (Å²) in [5.74, 6) is -0.401. The van der Waals surface area contributed by atoms with E-state index in [1.807, 2.05) is 0 Å². The highest BCUT2D eigenvalue weighted by Gasteiger charge is 2.08. The lowest BCUT2D eigenvalue weighted by atomic mass is 10.2. The van der Waals surface area contributed by atoms with Crippen LogP contribution >= 0.6 is 15.9 Å². The van der Waals surface area contributed by atoms with Crippen molar-refractivity contribution in [2.45, 2.75) is 6.42 Å². The molecule has 0 atom stereocenters. The lowest BCUT2D eigenvalue weighted by molar-refractivity contribution is -0.139. The molecule has 0 saturated heterocycles. The van der Waals surface area contributed by atoms with E-state index in [1.54, 1.807) is 6.07 Å². The molecule has 1 N–H and O–H groups in total. The second-order valence-corrected chi connectivity index (χ2v) is 3.20. The van der Waals surface area contributed by atoms with Gasteiger partial charge >= 0.3 is 5.97 Å². The van der Waals surface area contributed by atoms with E-state index < -0.39 is 5.97 Å². The van der Waals surface area contributed by atoms with Crippen molar-refractivity contribution >= 4 is 21.9 Å². The highest BCUT2D eigenvalue weighted by molar-refractivity contribution is 9.10. The molecule has 0 bridgehead atoms. The predicted octanol–water partition coefficient (Wildman–Crippen LogP) is 1.27. The molecular weight excluding hydrogens is 238 g/mol. The van der Waals surface area contributed by atoms with Gasteiger partial charge in [-0.15, -0.1) is 0 Å². The van der Waals surface area contributed by atoms with Gasteiger partial charge in [-0.05, 0) is 22.0 Å². The number of halogens is 1. The Hall–Kier alpha value is -1.10. The Morgan fingerprint density at radius 3 is 3.08 bits per heavy atom. The van der Waals surface area contributed by atoms with E-state index in [-0.39, 0.29) is 12.2 Å². The first kappa shape index (κ1) is 9.98. The van der Waals surface area contributed by atoms with E-state index in [9.17, 15) is 9.90 Å². The van der Waals surface area contributed by atoms with Crippen LogP contribution in [0, 0.1) is 0 Å². The zero-order chi connectivity index (χ0) is 9.84. The van der Waals surface area contributed by atoms with E-state index in [0.717, 1.165) is 0 Å². The van der Waals surface area contributed by atoms with Gasteiger partial charge in [-0.3, -0.25) is 4.79 Å². The Balaban J connectivity index is 2.87. The lowest BCUT2D eigenvalue weighted by Gasteiger charge is -2.02. The summed E-state index contributed by atoms with van der Waals surface area (Å²) in [6, 6.07) is 1.58. The number of aromatic hydroxyl groups is 1. The molecule has 5 heteroatoms. The number of nitrogens with zero attached hydrogens (tertiary/aromatic N) is 1. The number of rotatable bonds is 2. The minimum absolute atomic E-state index is 0.00593. The molecule has 0 aliphatic carbocycles. The van der Waals surface area contributed by atoms with Crippen molar-refractivity contribution in [2.75, 3.05) is 7.11 Å². The molecule has 0 radical (unpaired) electrons. The highest BCUT2D eigenvalue weighted by atomic mass is 79.9. The molecule has 1 aromatic rings. The summed E-state index contributed by atoms with van der Waals surface area (Å²) in [6.07, 6.45) is 1.33. The quantitative estimate of drug-likeness (QED) is 0.630. The lowest BCUT2D eigenvalue weighted by Crippen LogP contribution is -2.04. The van der Waals surface area contributed by atoms with Crippen LogP contribution in [-0.2, 0) is 16.0 Å². The van der Waals surface area contributed by atoms with Crippen LogP contribution < -0.4 is 0 Å². The minimum Gasteiger partial charge on any atom is -0.506 e. The average molecular weight is 246 g/mol. The van der Waals surface area contributed by atoms with Crippen molar-refractivity contribution in [3.05, 3.63) is 22.4 Å². The third-order valence-corrected chi connectivity index (χ3v) is 1.93. The summed E-state index contributed by atoms with van der Waals surface area (Å²) in [4.78, 5) is 14.7. The second kappa shape index (κ2) is 4.23. The van der Waals surface area contributed by atoms with Crippen molar-refractivity contribution in [1.82, 2.24) is 4.98 Å². The fourth-order valence-electron chi connectivity index (χ4n) is 0.830. The number of pyridine rings is 1. The normalized spacial score (nSPS) is 9.69. The Morgan fingerprint density at radius 2 is 2.46 bits per heavy atom. The van der Waals surface area contributed by atoms with Crippen molar-refractivity contribution in [3.8, 4) is 5.75 Å². The first-order valence-electron chi connectivity index (χ1n) is 3.53. The zero-order valence-electron chi connectivity index (χ0n) is 6.95. The molecule has 0 unspecified atom stereocenters. The summed E-state index contributed by atoms with van der Waals surface area (Å²) in [5, 5.41) is 9.29. The molecule has 13 heavy (non-hydrogen) atoms. The van der Waals surface area contributed by atoms with Crippen LogP contribution in [0.5, 0.6) is 5.75 Å². The van der Waals surface area contributed by atoms with Crippen LogP contribution in [0.25, 0.3) is 0 Å². The van der Waals surface area contributed by atoms with Crippen molar-refractivity contribution in [2.24, 2.45) is 0 Å². The van der Waals surface area contributed by atoms with Crippen LogP contribution in [0.4, 0.5) is 0 Å². The van der Waals surface area contributed by atoms with Crippen LogP contribution in [-0.4, -0.2) is 23.2 Å². The molecule has 1 heterocycles. The first-order chi connectivity index (χ1) is 6.13. The summed E-state index contributed by atoms with van der Waals surface area (Å²) in [7, 11) is 1.30. The maximum absolute atomic E-state index is 10.9. The van der Waals surface area contributed by atoms with Crippen molar-refractivity contribution in [3.63, 3.8) is 0 Å². The van der Waals surface area contributed by atoms with Gasteiger partial charge < -0.3 is 9.84 Å². The fraction of sp³-hybridized carbons (Fsp3) is 0.250. The highest BCUT2D eigenvalue weighted by Crippen LogP contribution is 2.19. The zero-order valence-corrected chi connectivity index (χ0v) is 8.54. The number of esters is 1. The van der Waals surface area contributed by atoms with E-state index in [1.165, 1.54) is 13.3 Å². The van der Waals surface area contributed by atoms with Gasteiger partial charge in [0, 0.05) is 5.56 Å². The summed E-state index contributed by atoms with van der Waals surface area (Å²) >= 11 is 3.13. The van der Waals surface area contributed by atoms with E-state index in [4.69, 9.17) is 0 Å². The van der Waals surface area contributed by atoms with Crippen LogP contribution in [0.2, 0.25) is 0 Å². The first-order valence-corrected chi connectivity index (χ1v) is 4.33. The molecule has 0 amide bonds. The molecule has 0 spiro atoms. The molecule has 70 valence electrons. The Morgan fingerprint density at radius 1 is 1.77 bits per heavy atom. The maximum Gasteiger partial charge on any atom is 0.310 e. The molecule has 0 saturated carbocycles. The van der Waals surface area contributed by atoms with Crippen molar-refractivity contribution in [1.29, 1.82) is 0 Å². The molecular formula is C8H8BrNO3. The van der Waals surface area contributed by atoms with Gasteiger partial charge in [0.15, 0.2) is 0 Å². The van der Waals surface area contributed by atoms with Gasteiger partial charge in [-0.1, -0.05) is 0 Å². The third kappa shape index (κ3) is 2.69. The van der Waals surface area contributed by atoms with Crippen LogP contribution in [0.1, 0.15) is 5.56 Å². The van der Waals surface area contributed by atoms with Gasteiger partial charge in [0.1, 0.15) is 10.4 Å². The monoisotopic (exact) mass is 245 g/mol. The van der Waals surface area contributed by atoms with Gasteiger partial charge in [0.05, 0.1) is 19.7 Å². The summed E-state index contributed by atoms with van der Waals surface area (Å²) in [5.41, 5.74) is 0.494. The van der Waals surface area contributed by atoms with Crippen LogP contribution in [0.3, 0.4) is 0 Å². The summed E-state index contributed by atoms with van der Waals surface area (Å²) in [6.45, 7) is 0. The maximum atomic E-state index is 10.9. The average Bonchev–Trinajstić information content (AvgIpc) is 2.11. The Kier molecular flexibility index (Phi) is 3.25. The van der Waals surface area contributed by atoms with Crippen LogP contribution in [0.15, 0.2) is 16.9 Å². The number of hydrogen-bond acceptors (Lipinski definition) is 4. The Labute approximate surface area is 83.7 Å². The molecule has 1 rings (SSSR count). The SMILES string of the molecule is COC(=O)Cc1cc(Br)ncc1O. The minimum atomic E-state index is -0.395. The number of hydrogen-bond donors (Lipinski definition) is 1. The Bertz CT molecular complexity index is 327. The molecule has 1 aromatic heterocycles. The van der Waals surface area contributed by atoms with Gasteiger partial charge in [-0.2, -0.15) is 0 Å². The number of carbonyl (C=O) groups is 1. The largest absolute Gasteiger partial charge is 0.506 e. The van der Waals surface area contributed by atoms with Gasteiger partial charge in [0.2, 0.25) is 0 Å². The topological polar surface area (TPSA) is 59.4 Å². The molecule has 4 nitrogen and oxygen atoms in total. The summed E-state index contributed by atoms with van der Waals surface area (Å²) < 4.78 is 5.04. The van der Waals surface area contributed by atoms with E-state index >= 15 is 0 Å².